The second kappa shape index (κ2) is 9.68. The first kappa shape index (κ1) is 25.9. The molecule has 3 heterocycles. The highest BCUT2D eigenvalue weighted by atomic mass is 19.4. The quantitative estimate of drug-likeness (QED) is 0.361. The minimum absolute atomic E-state index is 0.0504. The van der Waals surface area contributed by atoms with E-state index in [-0.39, 0.29) is 28.4 Å². The Morgan fingerprint density at radius 2 is 1.81 bits per heavy atom. The molecule has 4 aromatic rings. The van der Waals surface area contributed by atoms with Gasteiger partial charge in [-0.2, -0.15) is 23.4 Å². The number of aryl methyl sites for hydroxylation is 3. The molecule has 1 amide bonds. The van der Waals surface area contributed by atoms with Crippen LogP contribution in [0.15, 0.2) is 36.5 Å². The summed E-state index contributed by atoms with van der Waals surface area (Å²) in [6.45, 7) is 9.29. The van der Waals surface area contributed by atoms with E-state index in [9.17, 15) is 22.8 Å². The number of aromatic nitrogens is 5. The average molecular weight is 515 g/mol. The summed E-state index contributed by atoms with van der Waals surface area (Å²) in [6.07, 6.45) is -3.74. The molecule has 0 saturated carbocycles. The molecule has 0 bridgehead atoms. The van der Waals surface area contributed by atoms with E-state index in [2.05, 4.69) is 20.5 Å². The number of nitrogens with zero attached hydrogens (tertiary/aromatic N) is 5. The third kappa shape index (κ3) is 5.32. The number of hydrogen-bond donors (Lipinski definition) is 1. The maximum absolute atomic E-state index is 14.0. The van der Waals surface area contributed by atoms with Crippen LogP contribution >= 0.6 is 0 Å². The number of carbonyl (C=O) groups excluding carboxylic acids is 2. The van der Waals surface area contributed by atoms with E-state index in [1.165, 1.54) is 10.9 Å². The Balaban J connectivity index is 1.74. The topological polar surface area (TPSA) is 103 Å². The average Bonchev–Trinajstić information content (AvgIpc) is 3.43. The van der Waals surface area contributed by atoms with Crippen molar-refractivity contribution >= 4 is 23.2 Å². The Morgan fingerprint density at radius 1 is 1.08 bits per heavy atom. The fraction of sp³-hybridized carbons (Fsp3) is 0.320. The summed E-state index contributed by atoms with van der Waals surface area (Å²) in [7, 11) is 0. The molecule has 37 heavy (non-hydrogen) atoms. The molecule has 1 aromatic carbocycles. The number of halogens is 3. The fourth-order valence-corrected chi connectivity index (χ4v) is 3.62. The Hall–Kier alpha value is -4.22. The second-order valence-electron chi connectivity index (χ2n) is 8.78. The van der Waals surface area contributed by atoms with Gasteiger partial charge >= 0.3 is 12.1 Å². The molecule has 0 unspecified atom stereocenters. The van der Waals surface area contributed by atoms with Gasteiger partial charge < -0.3 is 10.1 Å². The zero-order valence-electron chi connectivity index (χ0n) is 20.8. The molecule has 1 N–H and O–H groups in total. The molecule has 0 fully saturated rings. The van der Waals surface area contributed by atoms with Gasteiger partial charge in [-0.1, -0.05) is 12.1 Å². The fourth-order valence-electron chi connectivity index (χ4n) is 3.62. The van der Waals surface area contributed by atoms with E-state index in [0.717, 1.165) is 23.3 Å². The molecule has 12 heteroatoms. The Labute approximate surface area is 210 Å². The van der Waals surface area contributed by atoms with E-state index >= 15 is 0 Å². The first-order valence-corrected chi connectivity index (χ1v) is 11.5. The van der Waals surface area contributed by atoms with Crippen LogP contribution in [0.3, 0.4) is 0 Å². The minimum atomic E-state index is -4.76. The van der Waals surface area contributed by atoms with Gasteiger partial charge in [0.25, 0.3) is 5.91 Å². The Bertz CT molecular complexity index is 1500. The van der Waals surface area contributed by atoms with Crippen LogP contribution in [-0.2, 0) is 17.5 Å². The molecule has 0 aliphatic rings. The molecular formula is C25H25F3N6O3. The number of amides is 1. The van der Waals surface area contributed by atoms with Crippen LogP contribution in [0, 0.1) is 13.8 Å². The first-order valence-electron chi connectivity index (χ1n) is 11.5. The van der Waals surface area contributed by atoms with Crippen LogP contribution in [0.2, 0.25) is 0 Å². The van der Waals surface area contributed by atoms with Gasteiger partial charge in [0.2, 0.25) is 0 Å². The van der Waals surface area contributed by atoms with Crippen LogP contribution < -0.4 is 5.32 Å². The largest absolute Gasteiger partial charge is 0.458 e. The second-order valence-corrected chi connectivity index (χ2v) is 8.78. The number of ether oxygens (including phenoxy) is 1. The van der Waals surface area contributed by atoms with Gasteiger partial charge in [-0.25, -0.2) is 14.3 Å². The molecule has 0 radical (unpaired) electrons. The summed E-state index contributed by atoms with van der Waals surface area (Å²) in [6, 6.07) is 7.30. The highest BCUT2D eigenvalue weighted by Gasteiger charge is 2.36. The first-order chi connectivity index (χ1) is 17.4. The number of nitrogens with one attached hydrogen (secondary N) is 1. The molecule has 0 saturated heterocycles. The van der Waals surface area contributed by atoms with Gasteiger partial charge in [-0.15, -0.1) is 0 Å². The zero-order chi connectivity index (χ0) is 27.1. The predicted molar refractivity (Wildman–Crippen MR) is 129 cm³/mol. The molecule has 0 spiro atoms. The lowest BCUT2D eigenvalue weighted by atomic mass is 10.0. The minimum Gasteiger partial charge on any atom is -0.458 e. The van der Waals surface area contributed by atoms with Crippen molar-refractivity contribution in [3.8, 4) is 11.3 Å². The van der Waals surface area contributed by atoms with Crippen molar-refractivity contribution in [2.24, 2.45) is 0 Å². The summed E-state index contributed by atoms with van der Waals surface area (Å²) in [5, 5.41) is 10.5. The van der Waals surface area contributed by atoms with E-state index in [0.29, 0.717) is 16.6 Å². The van der Waals surface area contributed by atoms with E-state index in [1.807, 2.05) is 13.8 Å². The monoisotopic (exact) mass is 514 g/mol. The van der Waals surface area contributed by atoms with Crippen LogP contribution in [0.1, 0.15) is 58.6 Å². The number of hydrogen-bond acceptors (Lipinski definition) is 6. The van der Waals surface area contributed by atoms with Crippen molar-refractivity contribution in [3.63, 3.8) is 0 Å². The summed E-state index contributed by atoms with van der Waals surface area (Å²) in [5.74, 6) is -1.58. The van der Waals surface area contributed by atoms with Gasteiger partial charge in [-0.3, -0.25) is 9.48 Å². The molecule has 4 rings (SSSR count). The Morgan fingerprint density at radius 3 is 2.43 bits per heavy atom. The van der Waals surface area contributed by atoms with E-state index in [1.54, 1.807) is 39.0 Å². The summed E-state index contributed by atoms with van der Waals surface area (Å²) < 4.78 is 49.0. The summed E-state index contributed by atoms with van der Waals surface area (Å²) in [4.78, 5) is 29.7. The molecular weight excluding hydrogens is 489 g/mol. The van der Waals surface area contributed by atoms with Crippen LogP contribution in [0.4, 0.5) is 18.9 Å². The number of fused-ring (bicyclic) bond motifs is 1. The summed E-state index contributed by atoms with van der Waals surface area (Å²) >= 11 is 0. The zero-order valence-corrected chi connectivity index (χ0v) is 20.8. The van der Waals surface area contributed by atoms with Gasteiger partial charge in [0.15, 0.2) is 22.7 Å². The molecule has 9 nitrogen and oxygen atoms in total. The maximum Gasteiger partial charge on any atom is 0.433 e. The van der Waals surface area contributed by atoms with Crippen LogP contribution in [0.25, 0.3) is 16.9 Å². The van der Waals surface area contributed by atoms with Gasteiger partial charge in [-0.05, 0) is 57.9 Å². The van der Waals surface area contributed by atoms with Crippen molar-refractivity contribution in [1.82, 2.24) is 24.4 Å². The van der Waals surface area contributed by atoms with Crippen molar-refractivity contribution in [1.29, 1.82) is 0 Å². The smallest absolute Gasteiger partial charge is 0.433 e. The highest BCUT2D eigenvalue weighted by Crippen LogP contribution is 2.33. The number of anilines is 1. The van der Waals surface area contributed by atoms with Crippen LogP contribution in [0.5, 0.6) is 0 Å². The van der Waals surface area contributed by atoms with Crippen molar-refractivity contribution in [2.45, 2.75) is 53.4 Å². The molecule has 0 aliphatic heterocycles. The van der Waals surface area contributed by atoms with Gasteiger partial charge in [0.1, 0.15) is 0 Å². The molecule has 0 aliphatic carbocycles. The van der Waals surface area contributed by atoms with Gasteiger partial charge in [0, 0.05) is 24.4 Å². The lowest BCUT2D eigenvalue weighted by molar-refractivity contribution is -0.142. The van der Waals surface area contributed by atoms with Crippen LogP contribution in [-0.4, -0.2) is 42.4 Å². The highest BCUT2D eigenvalue weighted by molar-refractivity contribution is 6.06. The molecule has 3 aromatic heterocycles. The Kier molecular flexibility index (Phi) is 6.76. The number of carbonyl (C=O) groups is 2. The standard InChI is InChI=1S/C25H25F3N6O3/c1-6-33-12-19(22(32-33)24(36)37-13(2)3)30-23(35)18-11-21-29-17(16-8-7-14(4)15(5)9-16)10-20(25(26,27)28)34(21)31-18/h7-13H,6H2,1-5H3,(H,30,35). The number of benzene rings is 1. The number of alkyl halides is 3. The lowest BCUT2D eigenvalue weighted by Gasteiger charge is -2.11. The lowest BCUT2D eigenvalue weighted by Crippen LogP contribution is -2.18. The number of rotatable bonds is 6. The van der Waals surface area contributed by atoms with E-state index in [4.69, 9.17) is 4.74 Å². The van der Waals surface area contributed by atoms with Crippen molar-refractivity contribution in [2.75, 3.05) is 5.32 Å². The maximum atomic E-state index is 14.0. The third-order valence-electron chi connectivity index (χ3n) is 5.62. The molecule has 194 valence electrons. The molecule has 0 atom stereocenters. The van der Waals surface area contributed by atoms with Crippen molar-refractivity contribution < 1.29 is 27.5 Å². The number of esters is 1. The van der Waals surface area contributed by atoms with E-state index < -0.39 is 29.9 Å². The summed E-state index contributed by atoms with van der Waals surface area (Å²) in [5.41, 5.74) is 0.867. The SMILES string of the molecule is CCn1cc(NC(=O)c2cc3nc(-c4ccc(C)c(C)c4)cc(C(F)(F)F)n3n2)c(C(=O)OC(C)C)n1. The third-order valence-corrected chi connectivity index (χ3v) is 5.62. The predicted octanol–water partition coefficient (Wildman–Crippen LogP) is 5.07. The van der Waals surface area contributed by atoms with Crippen molar-refractivity contribution in [3.05, 3.63) is 64.7 Å². The normalized spacial score (nSPS) is 11.8. The van der Waals surface area contributed by atoms with Gasteiger partial charge in [0.05, 0.1) is 17.5 Å².